The number of carbonyl (C=O) groups excluding carboxylic acids is 2. The number of piperidine rings is 1. The zero-order valence-electron chi connectivity index (χ0n) is 19.1. The van der Waals surface area contributed by atoms with E-state index in [1.165, 1.54) is 30.2 Å². The third-order valence-corrected chi connectivity index (χ3v) is 8.52. The summed E-state index contributed by atoms with van der Waals surface area (Å²) in [7, 11) is 1.82. The van der Waals surface area contributed by atoms with Crippen molar-refractivity contribution >= 4 is 29.3 Å². The van der Waals surface area contributed by atoms with Crippen molar-refractivity contribution in [3.05, 3.63) is 76.7 Å². The average molecular weight is 462 g/mol. The fraction of sp³-hybridized carbons (Fsp3) is 0.407. The fourth-order valence-electron chi connectivity index (χ4n) is 5.24. The molecule has 0 bridgehead atoms. The second kappa shape index (κ2) is 9.74. The van der Waals surface area contributed by atoms with Gasteiger partial charge in [-0.25, -0.2) is 0 Å². The Hall–Kier alpha value is -2.57. The molecule has 0 aliphatic carbocycles. The van der Waals surface area contributed by atoms with Gasteiger partial charge in [-0.3, -0.25) is 9.59 Å². The zero-order valence-corrected chi connectivity index (χ0v) is 19.9. The maximum Gasteiger partial charge on any atom is 0.257 e. The summed E-state index contributed by atoms with van der Waals surface area (Å²) in [4.78, 5) is 30.5. The predicted octanol–water partition coefficient (Wildman–Crippen LogP) is 4.02. The van der Waals surface area contributed by atoms with E-state index in [2.05, 4.69) is 46.6 Å². The number of amides is 2. The molecule has 1 fully saturated rings. The first-order valence-corrected chi connectivity index (χ1v) is 12.8. The van der Waals surface area contributed by atoms with E-state index in [1.807, 2.05) is 31.3 Å². The van der Waals surface area contributed by atoms with Crippen molar-refractivity contribution in [1.82, 2.24) is 10.2 Å². The molecule has 0 aromatic heterocycles. The second-order valence-corrected chi connectivity index (χ2v) is 10.5. The van der Waals surface area contributed by atoms with Gasteiger partial charge in [0.25, 0.3) is 5.91 Å². The van der Waals surface area contributed by atoms with Crippen molar-refractivity contribution in [2.24, 2.45) is 11.8 Å². The smallest absolute Gasteiger partial charge is 0.257 e. The summed E-state index contributed by atoms with van der Waals surface area (Å²) in [6.45, 7) is 3.69. The molecule has 0 spiro atoms. The molecule has 2 aromatic rings. The second-order valence-electron chi connectivity index (χ2n) is 9.28. The highest BCUT2D eigenvalue weighted by Crippen LogP contribution is 2.53. The molecule has 172 valence electrons. The van der Waals surface area contributed by atoms with Crippen molar-refractivity contribution in [3.63, 3.8) is 0 Å². The number of hydrogen-bond acceptors (Lipinski definition) is 4. The number of nitrogens with one attached hydrogen (secondary N) is 1. The number of likely N-dealkylation sites (tertiary alicyclic amines) is 1. The lowest BCUT2D eigenvalue weighted by atomic mass is 9.90. The highest BCUT2D eigenvalue weighted by molar-refractivity contribution is 8.04. The Morgan fingerprint density at radius 2 is 1.79 bits per heavy atom. The van der Waals surface area contributed by atoms with Crippen LogP contribution in [0.25, 0.3) is 0 Å². The van der Waals surface area contributed by atoms with E-state index in [0.717, 1.165) is 43.2 Å². The van der Waals surface area contributed by atoms with Crippen LogP contribution < -0.4 is 10.2 Å². The Labute approximate surface area is 200 Å². The van der Waals surface area contributed by atoms with Gasteiger partial charge in [0.15, 0.2) is 0 Å². The first-order chi connectivity index (χ1) is 16.1. The Kier molecular flexibility index (Phi) is 6.56. The first-order valence-electron chi connectivity index (χ1n) is 11.9. The van der Waals surface area contributed by atoms with Crippen molar-refractivity contribution in [1.29, 1.82) is 0 Å². The number of hydrogen-bond donors (Lipinski definition) is 1. The van der Waals surface area contributed by atoms with Gasteiger partial charge in [0.2, 0.25) is 5.91 Å². The molecule has 1 saturated heterocycles. The number of fused-ring (bicyclic) bond motifs is 3. The van der Waals surface area contributed by atoms with Crippen LogP contribution in [0.4, 0.5) is 5.69 Å². The average Bonchev–Trinajstić information content (AvgIpc) is 3.30. The topological polar surface area (TPSA) is 52.7 Å². The van der Waals surface area contributed by atoms with E-state index in [9.17, 15) is 9.59 Å². The van der Waals surface area contributed by atoms with Crippen LogP contribution in [-0.2, 0) is 16.0 Å². The summed E-state index contributed by atoms with van der Waals surface area (Å²) in [5.74, 6) is 0.494. The monoisotopic (exact) mass is 461 g/mol. The molecule has 0 radical (unpaired) electrons. The molecule has 2 aromatic carbocycles. The standard InChI is InChI=1S/C27H31N3O2S/c1-29-23-10-6-5-9-21(23)25-22(27(29)32)18-24(33-25)26(31)28-13-16-30-14-11-20(12-15-30)17-19-7-3-2-4-8-19/h2-10,18,20,22,25H,11-17H2,1H3,(H,28,31). The van der Waals surface area contributed by atoms with E-state index >= 15 is 0 Å². The van der Waals surface area contributed by atoms with E-state index in [1.54, 1.807) is 4.90 Å². The SMILES string of the molecule is CN1C(=O)C2C=C(C(=O)NCCN3CCC(Cc4ccccc4)CC3)SC2c2ccccc21. The minimum Gasteiger partial charge on any atom is -0.350 e. The van der Waals surface area contributed by atoms with Crippen LogP contribution in [-0.4, -0.2) is 49.9 Å². The van der Waals surface area contributed by atoms with Crippen LogP contribution in [0.1, 0.15) is 29.2 Å². The molecule has 5 nitrogen and oxygen atoms in total. The lowest BCUT2D eigenvalue weighted by molar-refractivity contribution is -0.121. The molecular formula is C27H31N3O2S. The van der Waals surface area contributed by atoms with Crippen molar-refractivity contribution in [2.45, 2.75) is 24.5 Å². The summed E-state index contributed by atoms with van der Waals surface area (Å²) in [5, 5.41) is 3.08. The van der Waals surface area contributed by atoms with Gasteiger partial charge in [-0.05, 0) is 55.5 Å². The number of anilines is 1. The normalized spacial score (nSPS) is 23.1. The number of carbonyl (C=O) groups is 2. The highest BCUT2D eigenvalue weighted by Gasteiger charge is 2.43. The molecule has 0 saturated carbocycles. The molecule has 2 unspecified atom stereocenters. The lowest BCUT2D eigenvalue weighted by Crippen LogP contribution is -2.40. The summed E-state index contributed by atoms with van der Waals surface area (Å²) in [6, 6.07) is 18.7. The van der Waals surface area contributed by atoms with Gasteiger partial charge >= 0.3 is 0 Å². The maximum atomic E-state index is 12.8. The zero-order chi connectivity index (χ0) is 22.8. The van der Waals surface area contributed by atoms with Crippen molar-refractivity contribution in [3.8, 4) is 0 Å². The fourth-order valence-corrected chi connectivity index (χ4v) is 6.58. The summed E-state index contributed by atoms with van der Waals surface area (Å²) in [6.07, 6.45) is 5.45. The van der Waals surface area contributed by atoms with Gasteiger partial charge in [0.1, 0.15) is 0 Å². The molecule has 5 rings (SSSR count). The van der Waals surface area contributed by atoms with E-state index < -0.39 is 0 Å². The van der Waals surface area contributed by atoms with Gasteiger partial charge in [-0.1, -0.05) is 54.6 Å². The van der Waals surface area contributed by atoms with Crippen LogP contribution in [0.3, 0.4) is 0 Å². The molecular weight excluding hydrogens is 430 g/mol. The number of rotatable bonds is 6. The third-order valence-electron chi connectivity index (χ3n) is 7.14. The van der Waals surface area contributed by atoms with Gasteiger partial charge in [-0.2, -0.15) is 0 Å². The Morgan fingerprint density at radius 3 is 2.58 bits per heavy atom. The summed E-state index contributed by atoms with van der Waals surface area (Å²) in [5.41, 5.74) is 3.51. The van der Waals surface area contributed by atoms with Gasteiger partial charge < -0.3 is 15.1 Å². The van der Waals surface area contributed by atoms with Crippen LogP contribution in [0.2, 0.25) is 0 Å². The molecule has 3 aliphatic heterocycles. The van der Waals surface area contributed by atoms with Crippen LogP contribution in [0.5, 0.6) is 0 Å². The van der Waals surface area contributed by atoms with Crippen molar-refractivity contribution in [2.75, 3.05) is 38.1 Å². The minimum absolute atomic E-state index is 0.00528. The number of benzene rings is 2. The maximum absolute atomic E-state index is 12.8. The Bertz CT molecular complexity index is 1050. The third kappa shape index (κ3) is 4.73. The molecule has 33 heavy (non-hydrogen) atoms. The molecule has 3 aliphatic rings. The van der Waals surface area contributed by atoms with E-state index in [-0.39, 0.29) is 23.0 Å². The number of thioether (sulfide) groups is 1. The summed E-state index contributed by atoms with van der Waals surface area (Å²) < 4.78 is 0. The molecule has 2 amide bonds. The van der Waals surface area contributed by atoms with Gasteiger partial charge in [0, 0.05) is 25.8 Å². The van der Waals surface area contributed by atoms with Crippen LogP contribution in [0.15, 0.2) is 65.6 Å². The minimum atomic E-state index is -0.265. The van der Waals surface area contributed by atoms with Crippen LogP contribution in [0, 0.1) is 11.8 Å². The Balaban J connectivity index is 1.09. The van der Waals surface area contributed by atoms with Gasteiger partial charge in [-0.15, -0.1) is 11.8 Å². The number of para-hydroxylation sites is 1. The van der Waals surface area contributed by atoms with E-state index in [0.29, 0.717) is 11.4 Å². The largest absolute Gasteiger partial charge is 0.350 e. The quantitative estimate of drug-likeness (QED) is 0.706. The summed E-state index contributed by atoms with van der Waals surface area (Å²) >= 11 is 1.53. The van der Waals surface area contributed by atoms with Crippen molar-refractivity contribution < 1.29 is 9.59 Å². The predicted molar refractivity (Wildman–Crippen MR) is 134 cm³/mol. The number of nitrogens with zero attached hydrogens (tertiary/aromatic N) is 2. The van der Waals surface area contributed by atoms with Crippen LogP contribution >= 0.6 is 11.8 Å². The first kappa shape index (κ1) is 22.2. The van der Waals surface area contributed by atoms with E-state index in [4.69, 9.17) is 0 Å². The Morgan fingerprint density at radius 1 is 1.06 bits per heavy atom. The van der Waals surface area contributed by atoms with Gasteiger partial charge in [0.05, 0.1) is 16.1 Å². The molecule has 6 heteroatoms. The lowest BCUT2D eigenvalue weighted by Gasteiger charge is -2.33. The molecule has 3 heterocycles. The molecule has 1 N–H and O–H groups in total. The highest BCUT2D eigenvalue weighted by atomic mass is 32.2. The molecule has 2 atom stereocenters.